The summed E-state index contributed by atoms with van der Waals surface area (Å²) in [6.07, 6.45) is 0. The van der Waals surface area contributed by atoms with Gasteiger partial charge in [0.25, 0.3) is 0 Å². The maximum Gasteiger partial charge on any atom is 0.163 e. The van der Waals surface area contributed by atoms with E-state index in [1.807, 2.05) is 66.5 Å². The summed E-state index contributed by atoms with van der Waals surface area (Å²) in [6.45, 7) is 0. The fourth-order valence-electron chi connectivity index (χ4n) is 3.37. The second kappa shape index (κ2) is 6.26. The smallest absolute Gasteiger partial charge is 0.163 e. The summed E-state index contributed by atoms with van der Waals surface area (Å²) in [6, 6.07) is 30.8. The number of thiocarbonyl (C=S) groups is 1. The van der Waals surface area contributed by atoms with Crippen molar-refractivity contribution in [1.29, 1.82) is 0 Å². The summed E-state index contributed by atoms with van der Waals surface area (Å²) in [5, 5.41) is 0. The molecule has 0 unspecified atom stereocenters. The van der Waals surface area contributed by atoms with Crippen LogP contribution in [-0.4, -0.2) is 22.8 Å². The Morgan fingerprint density at radius 2 is 1.16 bits per heavy atom. The average molecular weight is 342 g/mol. The van der Waals surface area contributed by atoms with Gasteiger partial charge in [0.15, 0.2) is 5.54 Å². The highest BCUT2D eigenvalue weighted by Gasteiger charge is 2.46. The van der Waals surface area contributed by atoms with E-state index in [2.05, 4.69) is 36.4 Å². The van der Waals surface area contributed by atoms with Gasteiger partial charge in [0.1, 0.15) is 10.8 Å². The van der Waals surface area contributed by atoms with Gasteiger partial charge in [0, 0.05) is 12.6 Å². The number of aliphatic imine (C=N–C) groups is 1. The number of benzene rings is 3. The number of hydrogen-bond acceptors (Lipinski definition) is 2. The molecule has 0 N–H and O–H groups in total. The molecule has 122 valence electrons. The molecule has 2 nitrogen and oxygen atoms in total. The Morgan fingerprint density at radius 1 is 0.720 bits per heavy atom. The zero-order valence-corrected chi connectivity index (χ0v) is 14.8. The van der Waals surface area contributed by atoms with Crippen LogP contribution in [0, 0.1) is 0 Å². The molecule has 0 spiro atoms. The first-order valence-corrected chi connectivity index (χ1v) is 8.69. The second-order valence-corrected chi connectivity index (χ2v) is 6.49. The molecule has 3 aromatic carbocycles. The van der Waals surface area contributed by atoms with E-state index in [1.54, 1.807) is 0 Å². The van der Waals surface area contributed by atoms with Crippen LogP contribution >= 0.6 is 12.2 Å². The second-order valence-electron chi connectivity index (χ2n) is 6.11. The zero-order valence-electron chi connectivity index (χ0n) is 14.0. The molecule has 0 saturated heterocycles. The zero-order chi connectivity index (χ0) is 17.3. The third-order valence-electron chi connectivity index (χ3n) is 4.62. The van der Waals surface area contributed by atoms with Crippen LogP contribution in [-0.2, 0) is 5.54 Å². The first kappa shape index (κ1) is 15.7. The van der Waals surface area contributed by atoms with Crippen LogP contribution in [0.1, 0.15) is 16.7 Å². The van der Waals surface area contributed by atoms with E-state index in [4.69, 9.17) is 17.2 Å². The normalized spacial score (nSPS) is 16.0. The first-order valence-electron chi connectivity index (χ1n) is 8.28. The third kappa shape index (κ3) is 2.48. The highest BCUT2D eigenvalue weighted by atomic mass is 32.1. The summed E-state index contributed by atoms with van der Waals surface area (Å²) < 4.78 is 0. The van der Waals surface area contributed by atoms with E-state index in [0.717, 1.165) is 27.5 Å². The monoisotopic (exact) mass is 342 g/mol. The van der Waals surface area contributed by atoms with Gasteiger partial charge in [0.05, 0.1) is 0 Å². The molecule has 3 aromatic rings. The van der Waals surface area contributed by atoms with Crippen molar-refractivity contribution in [3.63, 3.8) is 0 Å². The van der Waals surface area contributed by atoms with Crippen molar-refractivity contribution in [2.45, 2.75) is 5.54 Å². The fourth-order valence-corrected chi connectivity index (χ4v) is 3.74. The molecule has 25 heavy (non-hydrogen) atoms. The first-order chi connectivity index (χ1) is 12.2. The quantitative estimate of drug-likeness (QED) is 0.644. The van der Waals surface area contributed by atoms with Crippen molar-refractivity contribution in [2.24, 2.45) is 4.99 Å². The van der Waals surface area contributed by atoms with Gasteiger partial charge in [-0.2, -0.15) is 0 Å². The van der Waals surface area contributed by atoms with Gasteiger partial charge in [-0.3, -0.25) is 0 Å². The molecular formula is C22H18N2S. The van der Waals surface area contributed by atoms with Gasteiger partial charge >= 0.3 is 0 Å². The van der Waals surface area contributed by atoms with E-state index < -0.39 is 5.54 Å². The highest BCUT2D eigenvalue weighted by Crippen LogP contribution is 2.41. The van der Waals surface area contributed by atoms with Gasteiger partial charge in [-0.15, -0.1) is 0 Å². The molecule has 0 aliphatic carbocycles. The largest absolute Gasteiger partial charge is 0.321 e. The van der Waals surface area contributed by atoms with Gasteiger partial charge in [-0.1, -0.05) is 103 Å². The Morgan fingerprint density at radius 3 is 1.64 bits per heavy atom. The van der Waals surface area contributed by atoms with E-state index in [-0.39, 0.29) is 0 Å². The van der Waals surface area contributed by atoms with Crippen LogP contribution in [0.15, 0.2) is 96.0 Å². The Kier molecular flexibility index (Phi) is 3.94. The van der Waals surface area contributed by atoms with Crippen molar-refractivity contribution < 1.29 is 0 Å². The predicted octanol–water partition coefficient (Wildman–Crippen LogP) is 4.65. The molecule has 0 atom stereocenters. The van der Waals surface area contributed by atoms with Crippen molar-refractivity contribution >= 4 is 23.0 Å². The molecular weight excluding hydrogens is 324 g/mol. The number of hydrogen-bond donors (Lipinski definition) is 0. The van der Waals surface area contributed by atoms with E-state index in [9.17, 15) is 0 Å². The molecule has 4 rings (SSSR count). The van der Waals surface area contributed by atoms with E-state index in [0.29, 0.717) is 0 Å². The summed E-state index contributed by atoms with van der Waals surface area (Å²) in [5.41, 5.74) is 2.58. The molecule has 1 heterocycles. The molecule has 0 saturated carbocycles. The minimum Gasteiger partial charge on any atom is -0.321 e. The molecule has 0 aromatic heterocycles. The number of rotatable bonds is 3. The minimum atomic E-state index is -0.669. The molecule has 0 bridgehead atoms. The van der Waals surface area contributed by atoms with Crippen LogP contribution in [0.5, 0.6) is 0 Å². The minimum absolute atomic E-state index is 0.669. The van der Waals surface area contributed by atoms with Crippen LogP contribution < -0.4 is 0 Å². The standard InChI is InChI=1S/C22H18N2S/c1-24-20(17-11-5-2-6-12-17)23-22(21(24)25,18-13-7-3-8-14-18)19-15-9-4-10-16-19/h2-16H,1H3. The van der Waals surface area contributed by atoms with Crippen molar-refractivity contribution in [2.75, 3.05) is 7.05 Å². The Balaban J connectivity index is 1.99. The van der Waals surface area contributed by atoms with Crippen LogP contribution in [0.25, 0.3) is 0 Å². The summed E-state index contributed by atoms with van der Waals surface area (Å²) in [5.74, 6) is 0.901. The van der Waals surface area contributed by atoms with Gasteiger partial charge in [-0.05, 0) is 11.1 Å². The molecule has 0 fully saturated rings. The summed E-state index contributed by atoms with van der Waals surface area (Å²) in [4.78, 5) is 8.02. The van der Waals surface area contributed by atoms with Crippen molar-refractivity contribution in [3.05, 3.63) is 108 Å². The van der Waals surface area contributed by atoms with E-state index in [1.165, 1.54) is 0 Å². The molecule has 3 heteroatoms. The van der Waals surface area contributed by atoms with Gasteiger partial charge < -0.3 is 4.90 Å². The molecule has 1 aliphatic heterocycles. The SMILES string of the molecule is CN1C(=S)C(c2ccccc2)(c2ccccc2)N=C1c1ccccc1. The maximum absolute atomic E-state index is 5.93. The molecule has 1 aliphatic rings. The highest BCUT2D eigenvalue weighted by molar-refractivity contribution is 7.80. The van der Waals surface area contributed by atoms with Crippen LogP contribution in [0.2, 0.25) is 0 Å². The fraction of sp³-hybridized carbons (Fsp3) is 0.0909. The predicted molar refractivity (Wildman–Crippen MR) is 107 cm³/mol. The van der Waals surface area contributed by atoms with Crippen LogP contribution in [0.3, 0.4) is 0 Å². The number of amidine groups is 1. The lowest BCUT2D eigenvalue weighted by molar-refractivity contribution is 0.705. The number of likely N-dealkylation sites (N-methyl/N-ethyl adjacent to an activating group) is 1. The maximum atomic E-state index is 5.93. The van der Waals surface area contributed by atoms with Crippen molar-refractivity contribution in [1.82, 2.24) is 4.90 Å². The Labute approximate surface area is 153 Å². The van der Waals surface area contributed by atoms with Gasteiger partial charge in [-0.25, -0.2) is 4.99 Å². The topological polar surface area (TPSA) is 15.6 Å². The lowest BCUT2D eigenvalue weighted by Gasteiger charge is -2.28. The number of nitrogens with zero attached hydrogens (tertiary/aromatic N) is 2. The Hall–Kier alpha value is -2.78. The Bertz CT molecular complexity index is 879. The van der Waals surface area contributed by atoms with Crippen LogP contribution in [0.4, 0.5) is 0 Å². The van der Waals surface area contributed by atoms with E-state index >= 15 is 0 Å². The third-order valence-corrected chi connectivity index (χ3v) is 5.19. The summed E-state index contributed by atoms with van der Waals surface area (Å²) >= 11 is 5.93. The molecule has 0 radical (unpaired) electrons. The molecule has 0 amide bonds. The lowest BCUT2D eigenvalue weighted by Crippen LogP contribution is -2.38. The summed E-state index contributed by atoms with van der Waals surface area (Å²) in [7, 11) is 2.00. The lowest BCUT2D eigenvalue weighted by atomic mass is 9.83. The average Bonchev–Trinajstić information content (AvgIpc) is 2.96. The van der Waals surface area contributed by atoms with Gasteiger partial charge in [0.2, 0.25) is 0 Å². The van der Waals surface area contributed by atoms with Crippen molar-refractivity contribution in [3.8, 4) is 0 Å².